The Balaban J connectivity index is 1.24. The normalized spacial score (nSPS) is 17.1. The number of ether oxygens (including phenoxy) is 4. The highest BCUT2D eigenvalue weighted by atomic mass is 16.7. The molecule has 6 aromatic carbocycles. The average Bonchev–Trinajstić information content (AvgIpc) is 3.33. The Bertz CT molecular complexity index is 1980. The second-order valence-corrected chi connectivity index (χ2v) is 12.8. The lowest BCUT2D eigenvalue weighted by molar-refractivity contribution is 0.0625. The van der Waals surface area contributed by atoms with Gasteiger partial charge < -0.3 is 18.9 Å². The molecule has 0 saturated heterocycles. The van der Waals surface area contributed by atoms with E-state index < -0.39 is 0 Å². The average molecular weight is 621 g/mol. The molecule has 6 nitrogen and oxygen atoms in total. The Labute approximate surface area is 274 Å². The van der Waals surface area contributed by atoms with Crippen LogP contribution >= 0.6 is 0 Å². The summed E-state index contributed by atoms with van der Waals surface area (Å²) >= 11 is 0. The van der Waals surface area contributed by atoms with Crippen molar-refractivity contribution < 1.29 is 18.9 Å². The van der Waals surface area contributed by atoms with Crippen molar-refractivity contribution in [1.29, 1.82) is 0 Å². The molecule has 0 fully saturated rings. The van der Waals surface area contributed by atoms with Gasteiger partial charge in [0.15, 0.2) is 0 Å². The monoisotopic (exact) mass is 620 g/mol. The maximum atomic E-state index is 6.48. The lowest BCUT2D eigenvalue weighted by Crippen LogP contribution is -2.34. The van der Waals surface area contributed by atoms with Gasteiger partial charge in [0.25, 0.3) is 0 Å². The van der Waals surface area contributed by atoms with Crippen molar-refractivity contribution in [3.05, 3.63) is 131 Å². The lowest BCUT2D eigenvalue weighted by Gasteiger charge is -2.35. The Morgan fingerprint density at radius 2 is 0.872 bits per heavy atom. The SMILES string of the molecule is C[C@@H](c1ccccc1)N1COc2ccc3ccc4c(c3c2C1)-c1c(ccc2ccc3c(c12)CN([C@@H](C)c1ccccc1)CO3)OCO4. The van der Waals surface area contributed by atoms with Gasteiger partial charge in [-0.05, 0) is 60.0 Å². The molecular weight excluding hydrogens is 584 g/mol. The van der Waals surface area contributed by atoms with Gasteiger partial charge in [-0.25, -0.2) is 0 Å². The fourth-order valence-corrected chi connectivity index (χ4v) is 7.57. The van der Waals surface area contributed by atoms with E-state index in [9.17, 15) is 0 Å². The first-order valence-corrected chi connectivity index (χ1v) is 16.4. The van der Waals surface area contributed by atoms with Crippen molar-refractivity contribution in [1.82, 2.24) is 9.80 Å². The second-order valence-electron chi connectivity index (χ2n) is 12.8. The van der Waals surface area contributed by atoms with Gasteiger partial charge >= 0.3 is 0 Å². The van der Waals surface area contributed by atoms with Crippen molar-refractivity contribution in [2.45, 2.75) is 39.0 Å². The van der Waals surface area contributed by atoms with E-state index in [0.717, 1.165) is 68.8 Å². The zero-order valence-electron chi connectivity index (χ0n) is 26.6. The fourth-order valence-electron chi connectivity index (χ4n) is 7.57. The molecule has 0 spiro atoms. The molecule has 3 aliphatic rings. The summed E-state index contributed by atoms with van der Waals surface area (Å²) in [5.41, 5.74) is 6.98. The molecule has 0 radical (unpaired) electrons. The van der Waals surface area contributed by atoms with Gasteiger partial charge in [-0.15, -0.1) is 0 Å². The first-order valence-electron chi connectivity index (χ1n) is 16.4. The maximum Gasteiger partial charge on any atom is 0.230 e. The molecule has 2 atom stereocenters. The molecule has 0 unspecified atom stereocenters. The molecule has 0 bridgehead atoms. The van der Waals surface area contributed by atoms with E-state index in [0.29, 0.717) is 13.5 Å². The predicted octanol–water partition coefficient (Wildman–Crippen LogP) is 9.21. The number of nitrogens with zero attached hydrogens (tertiary/aromatic N) is 2. The zero-order valence-corrected chi connectivity index (χ0v) is 26.6. The molecule has 0 aromatic heterocycles. The van der Waals surface area contributed by atoms with Gasteiger partial charge in [-0.3, -0.25) is 9.80 Å². The van der Waals surface area contributed by atoms with Gasteiger partial charge in [0.2, 0.25) is 6.79 Å². The van der Waals surface area contributed by atoms with Crippen LogP contribution in [0.2, 0.25) is 0 Å². The molecule has 0 amide bonds. The summed E-state index contributed by atoms with van der Waals surface area (Å²) < 4.78 is 25.7. The highest BCUT2D eigenvalue weighted by Crippen LogP contribution is 2.52. The molecule has 6 aromatic rings. The summed E-state index contributed by atoms with van der Waals surface area (Å²) in [6.45, 7) is 7.22. The van der Waals surface area contributed by atoms with E-state index in [1.807, 2.05) is 0 Å². The molecule has 0 saturated carbocycles. The minimum atomic E-state index is 0.141. The van der Waals surface area contributed by atoms with Gasteiger partial charge in [-0.2, -0.15) is 0 Å². The Kier molecular flexibility index (Phi) is 6.80. The molecule has 3 aliphatic heterocycles. The number of fused-ring (bicyclic) bond motifs is 11. The van der Waals surface area contributed by atoms with Crippen LogP contribution in [0.3, 0.4) is 0 Å². The van der Waals surface area contributed by atoms with Gasteiger partial charge in [0.1, 0.15) is 36.5 Å². The van der Waals surface area contributed by atoms with Crippen LogP contribution < -0.4 is 18.9 Å². The lowest BCUT2D eigenvalue weighted by atomic mass is 9.87. The van der Waals surface area contributed by atoms with Crippen molar-refractivity contribution in [2.75, 3.05) is 20.3 Å². The van der Waals surface area contributed by atoms with Crippen LogP contribution in [-0.4, -0.2) is 30.1 Å². The third kappa shape index (κ3) is 4.70. The molecule has 234 valence electrons. The molecule has 0 aliphatic carbocycles. The Morgan fingerprint density at radius 1 is 0.468 bits per heavy atom. The van der Waals surface area contributed by atoms with E-state index in [-0.39, 0.29) is 18.9 Å². The summed E-state index contributed by atoms with van der Waals surface area (Å²) in [6.07, 6.45) is 0. The predicted molar refractivity (Wildman–Crippen MR) is 185 cm³/mol. The number of benzene rings is 6. The van der Waals surface area contributed by atoms with Gasteiger partial charge in [0, 0.05) is 58.2 Å². The van der Waals surface area contributed by atoms with Crippen molar-refractivity contribution in [3.8, 4) is 34.1 Å². The topological polar surface area (TPSA) is 43.4 Å². The van der Waals surface area contributed by atoms with E-state index >= 15 is 0 Å². The quantitative estimate of drug-likeness (QED) is 0.196. The molecule has 6 heteroatoms. The van der Waals surface area contributed by atoms with Crippen LogP contribution in [0.25, 0.3) is 32.7 Å². The van der Waals surface area contributed by atoms with Crippen LogP contribution in [0.15, 0.2) is 109 Å². The van der Waals surface area contributed by atoms with Crippen molar-refractivity contribution >= 4 is 21.5 Å². The molecular formula is C41H36N2O4. The van der Waals surface area contributed by atoms with Crippen molar-refractivity contribution in [2.24, 2.45) is 0 Å². The highest BCUT2D eigenvalue weighted by Gasteiger charge is 2.32. The standard InChI is InChI=1S/C41H36N2O4/c1-26(28-9-5-3-6-10-28)42-21-32-34(44-23-42)17-13-30-15-19-36-40(38(30)32)41-37(47-25-46-36)20-16-31-14-18-35-33(39(31)41)22-43(24-45-35)27(2)29-11-7-4-8-12-29/h3-20,26-27H,21-25H2,1-2H3/t26-,27-/m0/s1. The van der Waals surface area contributed by atoms with Crippen LogP contribution in [0, 0.1) is 0 Å². The van der Waals surface area contributed by atoms with E-state index in [1.165, 1.54) is 22.3 Å². The summed E-state index contributed by atoms with van der Waals surface area (Å²) in [4.78, 5) is 4.79. The van der Waals surface area contributed by atoms with Crippen LogP contribution in [0.1, 0.15) is 48.2 Å². The Morgan fingerprint density at radius 3 is 1.30 bits per heavy atom. The molecule has 9 rings (SSSR count). The second kappa shape index (κ2) is 11.3. The van der Waals surface area contributed by atoms with E-state index in [4.69, 9.17) is 18.9 Å². The van der Waals surface area contributed by atoms with Crippen LogP contribution in [0.4, 0.5) is 0 Å². The Hall–Kier alpha value is -5.04. The molecule has 0 N–H and O–H groups in total. The maximum absolute atomic E-state index is 6.48. The number of hydrogen-bond acceptors (Lipinski definition) is 6. The first kappa shape index (κ1) is 28.2. The minimum Gasteiger partial charge on any atom is -0.478 e. The van der Waals surface area contributed by atoms with Crippen molar-refractivity contribution in [3.63, 3.8) is 0 Å². The minimum absolute atomic E-state index is 0.141. The smallest absolute Gasteiger partial charge is 0.230 e. The first-order chi connectivity index (χ1) is 23.1. The van der Waals surface area contributed by atoms with E-state index in [1.54, 1.807) is 0 Å². The molecule has 3 heterocycles. The van der Waals surface area contributed by atoms with Crippen LogP contribution in [0.5, 0.6) is 23.0 Å². The highest BCUT2D eigenvalue weighted by molar-refractivity contribution is 6.12. The van der Waals surface area contributed by atoms with Crippen LogP contribution in [-0.2, 0) is 13.1 Å². The van der Waals surface area contributed by atoms with Gasteiger partial charge in [0.05, 0.1) is 0 Å². The zero-order chi connectivity index (χ0) is 31.5. The summed E-state index contributed by atoms with van der Waals surface area (Å²) in [5, 5.41) is 4.59. The fraction of sp³-hybridized carbons (Fsp3) is 0.220. The van der Waals surface area contributed by atoms with Gasteiger partial charge in [-0.1, -0.05) is 84.9 Å². The third-order valence-electron chi connectivity index (χ3n) is 10.3. The number of rotatable bonds is 4. The third-order valence-corrected chi connectivity index (χ3v) is 10.3. The summed E-state index contributed by atoms with van der Waals surface area (Å²) in [6, 6.07) is 38.8. The van der Waals surface area contributed by atoms with E-state index in [2.05, 4.69) is 133 Å². The molecule has 47 heavy (non-hydrogen) atoms. The largest absolute Gasteiger partial charge is 0.478 e. The summed E-state index contributed by atoms with van der Waals surface area (Å²) in [5.74, 6) is 3.47. The number of hydrogen-bond donors (Lipinski definition) is 0. The summed E-state index contributed by atoms with van der Waals surface area (Å²) in [7, 11) is 0.